The number of fused-ring (bicyclic) bond motifs is 3. The van der Waals surface area contributed by atoms with Crippen molar-refractivity contribution in [2.75, 3.05) is 0 Å². The van der Waals surface area contributed by atoms with E-state index in [2.05, 4.69) is 4.57 Å². The first-order chi connectivity index (χ1) is 14.8. The van der Waals surface area contributed by atoms with Gasteiger partial charge in [-0.05, 0) is 59.7 Å². The highest BCUT2D eigenvalue weighted by atomic mass is 35.5. The Balaban J connectivity index is 1.72. The van der Waals surface area contributed by atoms with Crippen LogP contribution in [0.4, 0.5) is 0 Å². The summed E-state index contributed by atoms with van der Waals surface area (Å²) in [6, 6.07) is 26.0. The molecule has 0 bridgehead atoms. The van der Waals surface area contributed by atoms with Crippen LogP contribution in [0.1, 0.15) is 0 Å². The molecule has 0 spiro atoms. The number of hydrogen-bond donors (Lipinski definition) is 2. The van der Waals surface area contributed by atoms with Crippen molar-refractivity contribution in [1.82, 2.24) is 4.57 Å². The average Bonchev–Trinajstić information content (AvgIpc) is 3.05. The molecular weight excluding hydrogens is 452 g/mol. The van der Waals surface area contributed by atoms with Gasteiger partial charge in [0.25, 0.3) is 0 Å². The number of hydrogen-bond acceptors (Lipinski definition) is 1. The Morgan fingerprint density at radius 3 is 1.81 bits per heavy atom. The zero-order valence-electron chi connectivity index (χ0n) is 16.0. The monoisotopic (exact) mass is 467 g/mol. The van der Waals surface area contributed by atoms with Gasteiger partial charge < -0.3 is 14.4 Å². The summed E-state index contributed by atoms with van der Waals surface area (Å²) in [5.74, 6) is 0. The van der Waals surface area contributed by atoms with Gasteiger partial charge in [0.1, 0.15) is 0 Å². The topological polar surface area (TPSA) is 62.5 Å². The Kier molecular flexibility index (Phi) is 4.93. The maximum atomic E-state index is 11.5. The molecule has 0 radical (unpaired) electrons. The standard InChI is InChI=1S/C24H16Cl2NO3P/c25-17-6-10-21-22-11-7-18(26)14-24(22)27(23(21)13-17)19-3-1-2-16(12-19)15-4-8-20(9-5-15)31(28,29)30/h1-14H,(H2,28,29,30). The van der Waals surface area contributed by atoms with Gasteiger partial charge in [-0.3, -0.25) is 4.57 Å². The number of halogens is 2. The molecular formula is C24H16Cl2NO3P. The minimum absolute atomic E-state index is 0.000846. The maximum Gasteiger partial charge on any atom is 0.356 e. The van der Waals surface area contributed by atoms with Gasteiger partial charge in [0.15, 0.2) is 0 Å². The first-order valence-electron chi connectivity index (χ1n) is 9.47. The molecule has 4 nitrogen and oxygen atoms in total. The third-order valence-corrected chi connectivity index (χ3v) is 6.77. The van der Waals surface area contributed by atoms with Crippen molar-refractivity contribution < 1.29 is 14.4 Å². The van der Waals surface area contributed by atoms with Crippen LogP contribution in [0.25, 0.3) is 38.6 Å². The quantitative estimate of drug-likeness (QED) is 0.295. The van der Waals surface area contributed by atoms with Crippen LogP contribution >= 0.6 is 30.8 Å². The van der Waals surface area contributed by atoms with E-state index in [1.807, 2.05) is 60.7 Å². The van der Waals surface area contributed by atoms with Crippen LogP contribution in [0.3, 0.4) is 0 Å². The zero-order chi connectivity index (χ0) is 21.8. The Labute approximate surface area is 188 Å². The molecule has 2 N–H and O–H groups in total. The molecule has 0 aliphatic rings. The predicted molar refractivity (Wildman–Crippen MR) is 128 cm³/mol. The molecule has 0 aliphatic carbocycles. The third kappa shape index (κ3) is 3.67. The van der Waals surface area contributed by atoms with Gasteiger partial charge in [0.2, 0.25) is 0 Å². The lowest BCUT2D eigenvalue weighted by molar-refractivity contribution is 0.387. The minimum atomic E-state index is -4.27. The summed E-state index contributed by atoms with van der Waals surface area (Å²) in [4.78, 5) is 18.7. The number of nitrogens with zero attached hydrogens (tertiary/aromatic N) is 1. The van der Waals surface area contributed by atoms with Crippen molar-refractivity contribution in [2.45, 2.75) is 0 Å². The fourth-order valence-electron chi connectivity index (χ4n) is 3.92. The highest BCUT2D eigenvalue weighted by Crippen LogP contribution is 2.36. The fourth-order valence-corrected chi connectivity index (χ4v) is 4.79. The van der Waals surface area contributed by atoms with Crippen LogP contribution in [0.2, 0.25) is 10.0 Å². The predicted octanol–water partition coefficient (Wildman–Crippen LogP) is 6.56. The van der Waals surface area contributed by atoms with Gasteiger partial charge in [-0.25, -0.2) is 0 Å². The Morgan fingerprint density at radius 1 is 0.677 bits per heavy atom. The highest BCUT2D eigenvalue weighted by molar-refractivity contribution is 7.60. The smallest absolute Gasteiger partial charge is 0.321 e. The molecule has 0 saturated heterocycles. The van der Waals surface area contributed by atoms with E-state index in [4.69, 9.17) is 23.2 Å². The normalized spacial score (nSPS) is 12.0. The summed E-state index contributed by atoms with van der Waals surface area (Å²) < 4.78 is 13.6. The fraction of sp³-hybridized carbons (Fsp3) is 0. The van der Waals surface area contributed by atoms with Crippen molar-refractivity contribution in [1.29, 1.82) is 0 Å². The van der Waals surface area contributed by atoms with E-state index in [9.17, 15) is 14.4 Å². The van der Waals surface area contributed by atoms with Gasteiger partial charge in [-0.1, -0.05) is 59.6 Å². The van der Waals surface area contributed by atoms with E-state index in [0.717, 1.165) is 38.6 Å². The number of rotatable bonds is 3. The highest BCUT2D eigenvalue weighted by Gasteiger charge is 2.17. The number of aromatic nitrogens is 1. The molecule has 5 rings (SSSR count). The van der Waals surface area contributed by atoms with Crippen molar-refractivity contribution in [3.05, 3.63) is 95.0 Å². The van der Waals surface area contributed by atoms with Crippen LogP contribution in [0.15, 0.2) is 84.9 Å². The second kappa shape index (κ2) is 7.52. The summed E-state index contributed by atoms with van der Waals surface area (Å²) in [6.07, 6.45) is 0. The zero-order valence-corrected chi connectivity index (χ0v) is 18.4. The molecule has 4 aromatic carbocycles. The van der Waals surface area contributed by atoms with E-state index in [0.29, 0.717) is 10.0 Å². The summed E-state index contributed by atoms with van der Waals surface area (Å²) >= 11 is 12.6. The lowest BCUT2D eigenvalue weighted by Gasteiger charge is -2.11. The van der Waals surface area contributed by atoms with Crippen LogP contribution in [0.5, 0.6) is 0 Å². The first kappa shape index (κ1) is 20.3. The van der Waals surface area contributed by atoms with Gasteiger partial charge in [0, 0.05) is 26.5 Å². The summed E-state index contributed by atoms with van der Waals surface area (Å²) in [7, 11) is -4.27. The van der Waals surface area contributed by atoms with Gasteiger partial charge in [0.05, 0.1) is 16.3 Å². The lowest BCUT2D eigenvalue weighted by atomic mass is 10.1. The molecule has 1 aromatic heterocycles. The molecule has 1 heterocycles. The van der Waals surface area contributed by atoms with E-state index >= 15 is 0 Å². The third-order valence-electron chi connectivity index (χ3n) is 5.33. The van der Waals surface area contributed by atoms with Crippen molar-refractivity contribution >= 4 is 57.9 Å². The largest absolute Gasteiger partial charge is 0.356 e. The van der Waals surface area contributed by atoms with Crippen LogP contribution < -0.4 is 5.30 Å². The average molecular weight is 468 g/mol. The molecule has 0 unspecified atom stereocenters. The molecule has 0 amide bonds. The lowest BCUT2D eigenvalue weighted by Crippen LogP contribution is -2.02. The molecule has 7 heteroatoms. The molecule has 0 fully saturated rings. The molecule has 0 atom stereocenters. The van der Waals surface area contributed by atoms with E-state index in [1.54, 1.807) is 12.1 Å². The Morgan fingerprint density at radius 2 is 1.26 bits per heavy atom. The summed E-state index contributed by atoms with van der Waals surface area (Å²) in [5, 5.41) is 3.44. The van der Waals surface area contributed by atoms with Crippen molar-refractivity contribution in [2.24, 2.45) is 0 Å². The summed E-state index contributed by atoms with van der Waals surface area (Å²) in [6.45, 7) is 0. The van der Waals surface area contributed by atoms with Crippen LogP contribution in [-0.2, 0) is 4.57 Å². The van der Waals surface area contributed by atoms with E-state index in [1.165, 1.54) is 12.1 Å². The SMILES string of the molecule is O=P(O)(O)c1ccc(-c2cccc(-n3c4cc(Cl)ccc4c4ccc(Cl)cc43)c2)cc1. The maximum absolute atomic E-state index is 11.5. The van der Waals surface area contributed by atoms with Crippen molar-refractivity contribution in [3.63, 3.8) is 0 Å². The van der Waals surface area contributed by atoms with Gasteiger partial charge in [-0.2, -0.15) is 0 Å². The first-order valence-corrected chi connectivity index (χ1v) is 11.8. The van der Waals surface area contributed by atoms with Crippen LogP contribution in [-0.4, -0.2) is 14.4 Å². The Hall–Kier alpha value is -2.59. The molecule has 0 saturated carbocycles. The van der Waals surface area contributed by atoms with Crippen molar-refractivity contribution in [3.8, 4) is 16.8 Å². The minimum Gasteiger partial charge on any atom is -0.321 e. The molecule has 154 valence electrons. The second-order valence-electron chi connectivity index (χ2n) is 7.30. The molecule has 5 aromatic rings. The molecule has 0 aliphatic heterocycles. The van der Waals surface area contributed by atoms with Crippen LogP contribution in [0, 0.1) is 0 Å². The number of benzene rings is 4. The summed E-state index contributed by atoms with van der Waals surface area (Å²) in [5.41, 5.74) is 4.66. The molecule has 31 heavy (non-hydrogen) atoms. The second-order valence-corrected chi connectivity index (χ2v) is 9.78. The van der Waals surface area contributed by atoms with Gasteiger partial charge >= 0.3 is 7.60 Å². The van der Waals surface area contributed by atoms with E-state index in [-0.39, 0.29) is 5.30 Å². The van der Waals surface area contributed by atoms with Gasteiger partial charge in [-0.15, -0.1) is 0 Å². The van der Waals surface area contributed by atoms with E-state index < -0.39 is 7.60 Å². The Bertz CT molecular complexity index is 1440.